The van der Waals surface area contributed by atoms with Gasteiger partial charge in [0.25, 0.3) is 0 Å². The number of aliphatic hydroxyl groups is 4. The number of aliphatic carboxylic acids is 3. The molecule has 0 aromatic heterocycles. The maximum absolute atomic E-state index is 9.55. The van der Waals surface area contributed by atoms with E-state index in [1.54, 1.807) is 0 Å². The minimum atomic E-state index is -1.11. The van der Waals surface area contributed by atoms with E-state index in [1.165, 1.54) is 0 Å². The zero-order valence-electron chi connectivity index (χ0n) is 14.8. The topological polar surface area (TPSA) is 193 Å². The highest BCUT2D eigenvalue weighted by molar-refractivity contribution is 7.80. The predicted molar refractivity (Wildman–Crippen MR) is 109 cm³/mol. The molecule has 0 aliphatic carbocycles. The van der Waals surface area contributed by atoms with Gasteiger partial charge >= 0.3 is 17.9 Å². The Kier molecular flexibility index (Phi) is 31.7. The molecule has 0 bridgehead atoms. The molecule has 7 N–H and O–H groups in total. The van der Waals surface area contributed by atoms with Gasteiger partial charge < -0.3 is 35.7 Å². The highest BCUT2D eigenvalue weighted by Gasteiger charge is 2.26. The molecule has 0 amide bonds. The van der Waals surface area contributed by atoms with Crippen LogP contribution >= 0.6 is 37.9 Å². The quantitative estimate of drug-likeness (QED) is 0.185. The first-order chi connectivity index (χ1) is 12.6. The Labute approximate surface area is 174 Å². The lowest BCUT2D eigenvalue weighted by molar-refractivity contribution is -0.137. The second kappa shape index (κ2) is 25.3. The molecule has 10 nitrogen and oxygen atoms in total. The van der Waals surface area contributed by atoms with Gasteiger partial charge in [0, 0.05) is 17.3 Å². The molecule has 164 valence electrons. The van der Waals surface area contributed by atoms with Crippen molar-refractivity contribution in [2.75, 3.05) is 43.7 Å². The number of rotatable bonds is 10. The number of carbonyl (C=O) groups is 3. The number of carboxylic acid groups (broad SMARTS) is 3. The van der Waals surface area contributed by atoms with Crippen LogP contribution in [-0.4, -0.2) is 97.3 Å². The average Bonchev–Trinajstić information content (AvgIpc) is 2.59. The molecule has 0 aromatic rings. The van der Waals surface area contributed by atoms with Crippen molar-refractivity contribution in [2.24, 2.45) is 5.41 Å². The van der Waals surface area contributed by atoms with Crippen LogP contribution in [0.3, 0.4) is 0 Å². The monoisotopic (exact) mass is 454 g/mol. The highest BCUT2D eigenvalue weighted by Crippen LogP contribution is 2.11. The summed E-state index contributed by atoms with van der Waals surface area (Å²) in [7, 11) is 0. The summed E-state index contributed by atoms with van der Waals surface area (Å²) in [6, 6.07) is 0. The lowest BCUT2D eigenvalue weighted by Crippen LogP contribution is -2.37. The fourth-order valence-corrected chi connectivity index (χ4v) is 1.16. The van der Waals surface area contributed by atoms with Crippen molar-refractivity contribution < 1.29 is 50.1 Å². The zero-order chi connectivity index (χ0) is 22.3. The standard InChI is InChI=1S/C5H12O4.3C3H6O2S/c6-1-5(2-7,3-8)4-9;3*4-3(5)1-2-6/h6-9H,1-4H2;3*6H,1-2H2,(H,4,5). The van der Waals surface area contributed by atoms with E-state index in [1.807, 2.05) is 0 Å². The maximum atomic E-state index is 9.55. The van der Waals surface area contributed by atoms with Crippen LogP contribution in [0, 0.1) is 5.41 Å². The second-order valence-corrected chi connectivity index (χ2v) is 6.08. The van der Waals surface area contributed by atoms with Crippen LogP contribution in [0.4, 0.5) is 0 Å². The van der Waals surface area contributed by atoms with Gasteiger partial charge in [-0.15, -0.1) is 0 Å². The van der Waals surface area contributed by atoms with Crippen molar-refractivity contribution in [3.05, 3.63) is 0 Å². The summed E-state index contributed by atoms with van der Waals surface area (Å²) < 4.78 is 0. The molecule has 0 aliphatic heterocycles. The van der Waals surface area contributed by atoms with Gasteiger partial charge in [0.2, 0.25) is 0 Å². The summed E-state index contributed by atoms with van der Waals surface area (Å²) in [6.07, 6.45) is 0.468. The lowest BCUT2D eigenvalue weighted by Gasteiger charge is -2.23. The van der Waals surface area contributed by atoms with Crippen molar-refractivity contribution in [2.45, 2.75) is 19.3 Å². The summed E-state index contributed by atoms with van der Waals surface area (Å²) in [4.78, 5) is 28.7. The Bertz CT molecular complexity index is 310. The van der Waals surface area contributed by atoms with E-state index < -0.39 is 49.8 Å². The maximum Gasteiger partial charge on any atom is 0.304 e. The summed E-state index contributed by atoms with van der Waals surface area (Å²) in [6.45, 7) is -1.62. The number of carboxylic acids is 3. The van der Waals surface area contributed by atoms with Crippen molar-refractivity contribution in [1.82, 2.24) is 0 Å². The first kappa shape index (κ1) is 33.9. The van der Waals surface area contributed by atoms with E-state index in [2.05, 4.69) is 37.9 Å². The normalized spacial score (nSPS) is 9.44. The third kappa shape index (κ3) is 33.3. The molecule has 0 atom stereocenters. The van der Waals surface area contributed by atoms with Crippen LogP contribution in [0.1, 0.15) is 19.3 Å². The van der Waals surface area contributed by atoms with Gasteiger partial charge in [-0.3, -0.25) is 14.4 Å². The number of hydrogen-bond donors (Lipinski definition) is 10. The van der Waals surface area contributed by atoms with Crippen molar-refractivity contribution in [3.63, 3.8) is 0 Å². The Hall–Kier alpha value is -0.700. The number of thiol groups is 3. The molecule has 27 heavy (non-hydrogen) atoms. The molecule has 0 spiro atoms. The third-order valence-electron chi connectivity index (χ3n) is 2.32. The van der Waals surface area contributed by atoms with E-state index in [4.69, 9.17) is 35.7 Å². The van der Waals surface area contributed by atoms with Gasteiger partial charge in [0.05, 0.1) is 51.1 Å². The van der Waals surface area contributed by atoms with Crippen molar-refractivity contribution in [1.29, 1.82) is 0 Å². The Morgan fingerprint density at radius 1 is 0.556 bits per heavy atom. The summed E-state index contributed by atoms with van der Waals surface area (Å²) in [5, 5.41) is 57.6. The largest absolute Gasteiger partial charge is 0.481 e. The lowest BCUT2D eigenvalue weighted by atomic mass is 9.93. The van der Waals surface area contributed by atoms with Crippen LogP contribution in [-0.2, 0) is 14.4 Å². The average molecular weight is 455 g/mol. The van der Waals surface area contributed by atoms with Crippen LogP contribution in [0.15, 0.2) is 0 Å². The smallest absolute Gasteiger partial charge is 0.304 e. The first-order valence-corrected chi connectivity index (χ1v) is 9.37. The molecule has 0 aliphatic rings. The minimum Gasteiger partial charge on any atom is -0.481 e. The van der Waals surface area contributed by atoms with Gasteiger partial charge in [-0.2, -0.15) is 37.9 Å². The van der Waals surface area contributed by atoms with Crippen molar-refractivity contribution in [3.8, 4) is 0 Å². The Morgan fingerprint density at radius 2 is 0.741 bits per heavy atom. The zero-order valence-corrected chi connectivity index (χ0v) is 17.5. The summed E-state index contributed by atoms with van der Waals surface area (Å²) in [5.74, 6) is -1.08. The molecule has 0 radical (unpaired) electrons. The number of hydrogen-bond acceptors (Lipinski definition) is 10. The molecule has 0 saturated heterocycles. The molecule has 13 heteroatoms. The molecular formula is C14H30O10S3. The van der Waals surface area contributed by atoms with Crippen LogP contribution in [0.2, 0.25) is 0 Å². The van der Waals surface area contributed by atoms with E-state index in [0.717, 1.165) is 0 Å². The van der Waals surface area contributed by atoms with E-state index >= 15 is 0 Å². The highest BCUT2D eigenvalue weighted by atomic mass is 32.1. The Balaban J connectivity index is -0.000000133. The third-order valence-corrected chi connectivity index (χ3v) is 2.99. The SMILES string of the molecule is O=C(O)CCS.O=C(O)CCS.O=C(O)CCS.OCC(CO)(CO)CO. The van der Waals surface area contributed by atoms with Gasteiger partial charge in [0.1, 0.15) is 0 Å². The molecule has 0 unspecified atom stereocenters. The van der Waals surface area contributed by atoms with Crippen LogP contribution in [0.25, 0.3) is 0 Å². The minimum absolute atomic E-state index is 0.156. The van der Waals surface area contributed by atoms with E-state index in [9.17, 15) is 14.4 Å². The predicted octanol–water partition coefficient (Wildman–Crippen LogP) is -0.885. The molecule has 0 heterocycles. The molecule has 0 saturated carbocycles. The number of aliphatic hydroxyl groups excluding tert-OH is 4. The fraction of sp³-hybridized carbons (Fsp3) is 0.786. The molecule has 0 rings (SSSR count). The van der Waals surface area contributed by atoms with Gasteiger partial charge in [-0.05, 0) is 0 Å². The van der Waals surface area contributed by atoms with Gasteiger partial charge in [0.15, 0.2) is 0 Å². The van der Waals surface area contributed by atoms with E-state index in [-0.39, 0.29) is 19.3 Å². The second-order valence-electron chi connectivity index (χ2n) is 4.73. The van der Waals surface area contributed by atoms with Gasteiger partial charge in [-0.25, -0.2) is 0 Å². The molecule has 0 aromatic carbocycles. The van der Waals surface area contributed by atoms with E-state index in [0.29, 0.717) is 17.3 Å². The summed E-state index contributed by atoms with van der Waals surface area (Å²) >= 11 is 11.0. The van der Waals surface area contributed by atoms with Crippen molar-refractivity contribution >= 4 is 55.8 Å². The van der Waals surface area contributed by atoms with Crippen LogP contribution < -0.4 is 0 Å². The fourth-order valence-electron chi connectivity index (χ4n) is 0.587. The first-order valence-electron chi connectivity index (χ1n) is 7.47. The van der Waals surface area contributed by atoms with Gasteiger partial charge in [-0.1, -0.05) is 0 Å². The molecular weight excluding hydrogens is 424 g/mol. The molecule has 0 fully saturated rings. The Morgan fingerprint density at radius 3 is 0.741 bits per heavy atom. The summed E-state index contributed by atoms with van der Waals surface area (Å²) in [5.41, 5.74) is -1.11. The van der Waals surface area contributed by atoms with Crippen LogP contribution in [0.5, 0.6) is 0 Å².